The molecule has 0 bridgehead atoms. The first-order valence-corrected chi connectivity index (χ1v) is 6.41. The van der Waals surface area contributed by atoms with E-state index in [2.05, 4.69) is 0 Å². The third-order valence-corrected chi connectivity index (χ3v) is 3.44. The summed E-state index contributed by atoms with van der Waals surface area (Å²) in [7, 11) is 0. The molecule has 0 saturated carbocycles. The summed E-state index contributed by atoms with van der Waals surface area (Å²) < 4.78 is 5.59. The number of benzene rings is 1. The van der Waals surface area contributed by atoms with Crippen LogP contribution in [0.2, 0.25) is 0 Å². The Balaban J connectivity index is 1.98. The van der Waals surface area contributed by atoms with Crippen LogP contribution in [0.4, 0.5) is 0 Å². The standard InChI is InChI=1S/C16H14O3/c1-10-7-13(17)12-9-15(19-14(12)8-10)16(18)11-5-3-2-4-6-11/h2-6,9-10H,7-8H2,1H3. The van der Waals surface area contributed by atoms with Gasteiger partial charge in [-0.1, -0.05) is 37.3 Å². The number of ketones is 2. The van der Waals surface area contributed by atoms with Crippen molar-refractivity contribution in [3.8, 4) is 0 Å². The molecule has 1 heterocycles. The Labute approximate surface area is 111 Å². The van der Waals surface area contributed by atoms with Crippen molar-refractivity contribution in [2.75, 3.05) is 0 Å². The highest BCUT2D eigenvalue weighted by molar-refractivity contribution is 6.09. The van der Waals surface area contributed by atoms with Crippen LogP contribution in [-0.4, -0.2) is 11.6 Å². The third-order valence-electron chi connectivity index (χ3n) is 3.44. The van der Waals surface area contributed by atoms with Crippen molar-refractivity contribution < 1.29 is 14.0 Å². The molecule has 3 nitrogen and oxygen atoms in total. The summed E-state index contributed by atoms with van der Waals surface area (Å²) in [6, 6.07) is 10.6. The molecule has 96 valence electrons. The van der Waals surface area contributed by atoms with Crippen molar-refractivity contribution in [1.82, 2.24) is 0 Å². The number of carbonyl (C=O) groups is 2. The molecule has 2 aromatic rings. The second-order valence-electron chi connectivity index (χ2n) is 5.08. The molecule has 0 fully saturated rings. The molecule has 0 saturated heterocycles. The van der Waals surface area contributed by atoms with Crippen LogP contribution in [0, 0.1) is 5.92 Å². The molecule has 3 rings (SSSR count). The maximum Gasteiger partial charge on any atom is 0.228 e. The second-order valence-corrected chi connectivity index (χ2v) is 5.08. The highest BCUT2D eigenvalue weighted by Crippen LogP contribution is 2.29. The molecule has 0 amide bonds. The quantitative estimate of drug-likeness (QED) is 0.773. The Bertz CT molecular complexity index is 637. The number of furan rings is 1. The summed E-state index contributed by atoms with van der Waals surface area (Å²) >= 11 is 0. The zero-order valence-corrected chi connectivity index (χ0v) is 10.7. The summed E-state index contributed by atoms with van der Waals surface area (Å²) in [5.41, 5.74) is 1.16. The van der Waals surface area contributed by atoms with E-state index in [0.29, 0.717) is 23.3 Å². The normalized spacial score (nSPS) is 18.2. The van der Waals surface area contributed by atoms with Gasteiger partial charge in [0, 0.05) is 18.4 Å². The van der Waals surface area contributed by atoms with E-state index in [-0.39, 0.29) is 23.2 Å². The first kappa shape index (κ1) is 11.9. The van der Waals surface area contributed by atoms with Gasteiger partial charge in [0.2, 0.25) is 5.78 Å². The maximum absolute atomic E-state index is 12.2. The highest BCUT2D eigenvalue weighted by Gasteiger charge is 2.28. The molecular formula is C16H14O3. The lowest BCUT2D eigenvalue weighted by Gasteiger charge is -2.14. The minimum absolute atomic E-state index is 0.0737. The van der Waals surface area contributed by atoms with Crippen LogP contribution in [0.1, 0.15) is 45.6 Å². The molecule has 1 atom stereocenters. The molecule has 19 heavy (non-hydrogen) atoms. The minimum atomic E-state index is -0.171. The van der Waals surface area contributed by atoms with Gasteiger partial charge in [0.05, 0.1) is 5.56 Å². The van der Waals surface area contributed by atoms with Gasteiger partial charge in [-0.25, -0.2) is 0 Å². The predicted octanol–water partition coefficient (Wildman–Crippen LogP) is 3.28. The van der Waals surface area contributed by atoms with Crippen LogP contribution >= 0.6 is 0 Å². The van der Waals surface area contributed by atoms with Gasteiger partial charge < -0.3 is 4.42 Å². The zero-order chi connectivity index (χ0) is 13.4. The average Bonchev–Trinajstić information content (AvgIpc) is 2.83. The summed E-state index contributed by atoms with van der Waals surface area (Å²) in [5.74, 6) is 1.10. The van der Waals surface area contributed by atoms with Crippen molar-refractivity contribution in [1.29, 1.82) is 0 Å². The average molecular weight is 254 g/mol. The van der Waals surface area contributed by atoms with Gasteiger partial charge in [-0.2, -0.15) is 0 Å². The number of hydrogen-bond donors (Lipinski definition) is 0. The molecule has 3 heteroatoms. The molecular weight excluding hydrogens is 240 g/mol. The molecule has 0 spiro atoms. The topological polar surface area (TPSA) is 47.3 Å². The number of carbonyl (C=O) groups excluding carboxylic acids is 2. The first-order valence-electron chi connectivity index (χ1n) is 6.41. The lowest BCUT2D eigenvalue weighted by molar-refractivity contribution is 0.0944. The van der Waals surface area contributed by atoms with Crippen LogP contribution in [-0.2, 0) is 6.42 Å². The van der Waals surface area contributed by atoms with Crippen molar-refractivity contribution in [3.05, 3.63) is 59.0 Å². The molecule has 0 radical (unpaired) electrons. The summed E-state index contributed by atoms with van der Waals surface area (Å²) in [6.45, 7) is 2.02. The van der Waals surface area contributed by atoms with E-state index in [1.54, 1.807) is 18.2 Å². The smallest absolute Gasteiger partial charge is 0.228 e. The largest absolute Gasteiger partial charge is 0.457 e. The zero-order valence-electron chi connectivity index (χ0n) is 10.7. The van der Waals surface area contributed by atoms with Crippen molar-refractivity contribution in [2.45, 2.75) is 19.8 Å². The van der Waals surface area contributed by atoms with Crippen LogP contribution in [0.5, 0.6) is 0 Å². The van der Waals surface area contributed by atoms with Gasteiger partial charge in [-0.3, -0.25) is 9.59 Å². The van der Waals surface area contributed by atoms with Gasteiger partial charge in [0.25, 0.3) is 0 Å². The fourth-order valence-corrected chi connectivity index (χ4v) is 2.48. The van der Waals surface area contributed by atoms with Gasteiger partial charge >= 0.3 is 0 Å². The Morgan fingerprint density at radius 1 is 1.21 bits per heavy atom. The number of fused-ring (bicyclic) bond motifs is 1. The lowest BCUT2D eigenvalue weighted by Crippen LogP contribution is -2.15. The van der Waals surface area contributed by atoms with E-state index in [0.717, 1.165) is 6.42 Å². The van der Waals surface area contributed by atoms with Gasteiger partial charge in [0.15, 0.2) is 11.5 Å². The van der Waals surface area contributed by atoms with Crippen molar-refractivity contribution in [3.63, 3.8) is 0 Å². The third kappa shape index (κ3) is 2.12. The Kier molecular flexibility index (Phi) is 2.82. The maximum atomic E-state index is 12.2. The summed E-state index contributed by atoms with van der Waals surface area (Å²) in [4.78, 5) is 24.1. The second kappa shape index (κ2) is 4.50. The number of hydrogen-bond acceptors (Lipinski definition) is 3. The fourth-order valence-electron chi connectivity index (χ4n) is 2.48. The Morgan fingerprint density at radius 2 is 1.95 bits per heavy atom. The molecule has 1 aliphatic rings. The van der Waals surface area contributed by atoms with Crippen molar-refractivity contribution >= 4 is 11.6 Å². The number of Topliss-reactive ketones (excluding diaryl/α,β-unsaturated/α-hetero) is 1. The van der Waals surface area contributed by atoms with E-state index in [1.165, 1.54) is 0 Å². The van der Waals surface area contributed by atoms with E-state index in [1.807, 2.05) is 25.1 Å². The van der Waals surface area contributed by atoms with E-state index >= 15 is 0 Å². The van der Waals surface area contributed by atoms with Gasteiger partial charge in [-0.15, -0.1) is 0 Å². The molecule has 1 aromatic heterocycles. The first-order chi connectivity index (χ1) is 9.15. The van der Waals surface area contributed by atoms with E-state index < -0.39 is 0 Å². The SMILES string of the molecule is CC1CC(=O)c2cc(C(=O)c3ccccc3)oc2C1. The molecule has 0 aliphatic heterocycles. The van der Waals surface area contributed by atoms with Crippen LogP contribution in [0.25, 0.3) is 0 Å². The fraction of sp³-hybridized carbons (Fsp3) is 0.250. The Hall–Kier alpha value is -2.16. The predicted molar refractivity (Wildman–Crippen MR) is 70.4 cm³/mol. The van der Waals surface area contributed by atoms with Crippen molar-refractivity contribution in [2.24, 2.45) is 5.92 Å². The Morgan fingerprint density at radius 3 is 2.68 bits per heavy atom. The molecule has 0 N–H and O–H groups in total. The minimum Gasteiger partial charge on any atom is -0.457 e. The number of rotatable bonds is 2. The lowest BCUT2D eigenvalue weighted by atomic mass is 9.89. The van der Waals surface area contributed by atoms with Crippen LogP contribution in [0.15, 0.2) is 40.8 Å². The summed E-state index contributed by atoms with van der Waals surface area (Å²) in [5, 5.41) is 0. The highest BCUT2D eigenvalue weighted by atomic mass is 16.3. The van der Waals surface area contributed by atoms with E-state index in [9.17, 15) is 9.59 Å². The van der Waals surface area contributed by atoms with E-state index in [4.69, 9.17) is 4.42 Å². The molecule has 1 aliphatic carbocycles. The monoisotopic (exact) mass is 254 g/mol. The van der Waals surface area contributed by atoms with Crippen LogP contribution in [0.3, 0.4) is 0 Å². The van der Waals surface area contributed by atoms with Gasteiger partial charge in [0.1, 0.15) is 5.76 Å². The molecule has 1 unspecified atom stereocenters. The molecule has 1 aromatic carbocycles. The van der Waals surface area contributed by atoms with Crippen LogP contribution < -0.4 is 0 Å². The summed E-state index contributed by atoms with van der Waals surface area (Å²) in [6.07, 6.45) is 1.26. The van der Waals surface area contributed by atoms with Gasteiger partial charge in [-0.05, 0) is 12.0 Å².